The molecule has 0 aliphatic heterocycles. The van der Waals surface area contributed by atoms with Crippen molar-refractivity contribution in [2.24, 2.45) is 0 Å². The molecule has 1 aromatic heterocycles. The van der Waals surface area contributed by atoms with Crippen molar-refractivity contribution in [2.75, 3.05) is 0 Å². The predicted octanol–water partition coefficient (Wildman–Crippen LogP) is 3.53. The molecular formula is C12H10BrNO. The van der Waals surface area contributed by atoms with Crippen molar-refractivity contribution in [3.63, 3.8) is 0 Å². The lowest BCUT2D eigenvalue weighted by atomic mass is 10.1. The number of rotatable bonds is 2. The van der Waals surface area contributed by atoms with Crippen LogP contribution in [0.25, 0.3) is 17.0 Å². The molecule has 0 saturated heterocycles. The van der Waals surface area contributed by atoms with Crippen LogP contribution >= 0.6 is 15.9 Å². The number of hydrogen-bond donors (Lipinski definition) is 1. The Morgan fingerprint density at radius 2 is 2.27 bits per heavy atom. The zero-order chi connectivity index (χ0) is 10.8. The normalized spacial score (nSPS) is 11.3. The molecule has 0 unspecified atom stereocenters. The van der Waals surface area contributed by atoms with E-state index in [1.807, 2.05) is 30.5 Å². The Hall–Kier alpha value is -1.35. The molecule has 0 amide bonds. The smallest absolute Gasteiger partial charge is 0.152 e. The van der Waals surface area contributed by atoms with Gasteiger partial charge in [-0.1, -0.05) is 22.0 Å². The van der Waals surface area contributed by atoms with Gasteiger partial charge in [0.2, 0.25) is 0 Å². The van der Waals surface area contributed by atoms with Gasteiger partial charge in [-0.2, -0.15) is 0 Å². The fourth-order valence-corrected chi connectivity index (χ4v) is 1.83. The van der Waals surface area contributed by atoms with Gasteiger partial charge in [0.1, 0.15) is 0 Å². The second kappa shape index (κ2) is 4.03. The Bertz CT molecular complexity index is 540. The Labute approximate surface area is 96.1 Å². The van der Waals surface area contributed by atoms with Crippen molar-refractivity contribution in [3.8, 4) is 0 Å². The molecule has 15 heavy (non-hydrogen) atoms. The number of allylic oxidation sites excluding steroid dienone is 1. The molecule has 76 valence electrons. The standard InChI is InChI=1S/C12H10BrNO/c1-8(15)2-3-9-7-14-12-6-10(13)4-5-11(9)12/h2-7,14H,1H3/b3-2+. The molecule has 2 nitrogen and oxygen atoms in total. The number of benzene rings is 1. The van der Waals surface area contributed by atoms with Crippen molar-refractivity contribution in [1.29, 1.82) is 0 Å². The summed E-state index contributed by atoms with van der Waals surface area (Å²) in [6, 6.07) is 6.03. The minimum absolute atomic E-state index is 0.0569. The molecule has 0 aliphatic rings. The van der Waals surface area contributed by atoms with Crippen molar-refractivity contribution < 1.29 is 4.79 Å². The largest absolute Gasteiger partial charge is 0.361 e. The lowest BCUT2D eigenvalue weighted by Gasteiger charge is -1.92. The maximum absolute atomic E-state index is 10.8. The summed E-state index contributed by atoms with van der Waals surface area (Å²) in [7, 11) is 0. The molecule has 0 atom stereocenters. The third-order valence-electron chi connectivity index (χ3n) is 2.17. The topological polar surface area (TPSA) is 32.9 Å². The summed E-state index contributed by atoms with van der Waals surface area (Å²) in [6.45, 7) is 1.54. The quantitative estimate of drug-likeness (QED) is 0.827. The summed E-state index contributed by atoms with van der Waals surface area (Å²) in [5.41, 5.74) is 2.10. The van der Waals surface area contributed by atoms with E-state index in [1.54, 1.807) is 13.0 Å². The zero-order valence-electron chi connectivity index (χ0n) is 8.25. The Kier molecular flexibility index (Phi) is 2.73. The van der Waals surface area contributed by atoms with Gasteiger partial charge in [0, 0.05) is 21.6 Å². The van der Waals surface area contributed by atoms with E-state index in [1.165, 1.54) is 0 Å². The Balaban J connectivity index is 2.50. The van der Waals surface area contributed by atoms with Crippen molar-refractivity contribution in [1.82, 2.24) is 4.98 Å². The fraction of sp³-hybridized carbons (Fsp3) is 0.0833. The van der Waals surface area contributed by atoms with Gasteiger partial charge in [0.15, 0.2) is 5.78 Å². The van der Waals surface area contributed by atoms with Crippen LogP contribution in [0.4, 0.5) is 0 Å². The van der Waals surface area contributed by atoms with E-state index in [0.29, 0.717) is 0 Å². The van der Waals surface area contributed by atoms with Crippen LogP contribution < -0.4 is 0 Å². The van der Waals surface area contributed by atoms with E-state index in [2.05, 4.69) is 20.9 Å². The monoisotopic (exact) mass is 263 g/mol. The predicted molar refractivity (Wildman–Crippen MR) is 65.7 cm³/mol. The highest BCUT2D eigenvalue weighted by atomic mass is 79.9. The minimum Gasteiger partial charge on any atom is -0.361 e. The van der Waals surface area contributed by atoms with Crippen molar-refractivity contribution in [2.45, 2.75) is 6.92 Å². The molecule has 1 N–H and O–H groups in total. The van der Waals surface area contributed by atoms with Gasteiger partial charge in [0.05, 0.1) is 0 Å². The number of halogens is 1. The van der Waals surface area contributed by atoms with Crippen LogP contribution in [0.5, 0.6) is 0 Å². The SMILES string of the molecule is CC(=O)/C=C/c1c[nH]c2cc(Br)ccc12. The summed E-state index contributed by atoms with van der Waals surface area (Å²) < 4.78 is 1.04. The van der Waals surface area contributed by atoms with Crippen molar-refractivity contribution >= 4 is 38.7 Å². The van der Waals surface area contributed by atoms with Crippen LogP contribution in [0.3, 0.4) is 0 Å². The second-order valence-electron chi connectivity index (χ2n) is 3.38. The first-order valence-corrected chi connectivity index (χ1v) is 5.41. The molecule has 0 radical (unpaired) electrons. The molecule has 0 spiro atoms. The summed E-state index contributed by atoms with van der Waals surface area (Å²) in [4.78, 5) is 14.0. The lowest BCUT2D eigenvalue weighted by Crippen LogP contribution is -1.79. The number of nitrogens with one attached hydrogen (secondary N) is 1. The van der Waals surface area contributed by atoms with E-state index < -0.39 is 0 Å². The van der Waals surface area contributed by atoms with Crippen LogP contribution in [0.2, 0.25) is 0 Å². The van der Waals surface area contributed by atoms with Gasteiger partial charge in [-0.25, -0.2) is 0 Å². The number of fused-ring (bicyclic) bond motifs is 1. The van der Waals surface area contributed by atoms with Gasteiger partial charge in [-0.05, 0) is 36.8 Å². The third-order valence-corrected chi connectivity index (χ3v) is 2.67. The molecule has 1 aromatic carbocycles. The van der Waals surface area contributed by atoms with Gasteiger partial charge in [-0.15, -0.1) is 0 Å². The van der Waals surface area contributed by atoms with Crippen LogP contribution in [-0.2, 0) is 4.79 Å². The average molecular weight is 264 g/mol. The van der Waals surface area contributed by atoms with Crippen LogP contribution in [0.1, 0.15) is 12.5 Å². The van der Waals surface area contributed by atoms with Crippen LogP contribution in [-0.4, -0.2) is 10.8 Å². The summed E-state index contributed by atoms with van der Waals surface area (Å²) in [5.74, 6) is 0.0569. The molecule has 0 fully saturated rings. The van der Waals surface area contributed by atoms with Gasteiger partial charge in [-0.3, -0.25) is 4.79 Å². The molecule has 0 aliphatic carbocycles. The fourth-order valence-electron chi connectivity index (χ4n) is 1.47. The second-order valence-corrected chi connectivity index (χ2v) is 4.29. The molecule has 2 aromatic rings. The molecule has 3 heteroatoms. The van der Waals surface area contributed by atoms with Crippen molar-refractivity contribution in [3.05, 3.63) is 40.5 Å². The van der Waals surface area contributed by atoms with E-state index >= 15 is 0 Å². The van der Waals surface area contributed by atoms with E-state index in [0.717, 1.165) is 20.9 Å². The lowest BCUT2D eigenvalue weighted by molar-refractivity contribution is -0.112. The maximum atomic E-state index is 10.8. The van der Waals surface area contributed by atoms with Gasteiger partial charge >= 0.3 is 0 Å². The summed E-state index contributed by atoms with van der Waals surface area (Å²) in [5, 5.41) is 1.12. The van der Waals surface area contributed by atoms with Crippen LogP contribution in [0.15, 0.2) is 34.9 Å². The number of aromatic nitrogens is 1. The first-order valence-electron chi connectivity index (χ1n) is 4.62. The molecule has 0 saturated carbocycles. The Morgan fingerprint density at radius 3 is 3.00 bits per heavy atom. The van der Waals surface area contributed by atoms with Gasteiger partial charge < -0.3 is 4.98 Å². The molecule has 1 heterocycles. The number of ketones is 1. The molecule has 2 rings (SSSR count). The first kappa shape index (κ1) is 10.2. The van der Waals surface area contributed by atoms with Crippen LogP contribution in [0, 0.1) is 0 Å². The molecular weight excluding hydrogens is 254 g/mol. The van der Waals surface area contributed by atoms with E-state index in [4.69, 9.17) is 0 Å². The summed E-state index contributed by atoms with van der Waals surface area (Å²) in [6.07, 6.45) is 5.30. The van der Waals surface area contributed by atoms with Gasteiger partial charge in [0.25, 0.3) is 0 Å². The zero-order valence-corrected chi connectivity index (χ0v) is 9.84. The van der Waals surface area contributed by atoms with E-state index in [9.17, 15) is 4.79 Å². The minimum atomic E-state index is 0.0569. The summed E-state index contributed by atoms with van der Waals surface area (Å²) >= 11 is 3.41. The number of hydrogen-bond acceptors (Lipinski definition) is 1. The number of carbonyl (C=O) groups excluding carboxylic acids is 1. The number of aromatic amines is 1. The molecule has 0 bridgehead atoms. The number of carbonyl (C=O) groups is 1. The number of H-pyrrole nitrogens is 1. The third kappa shape index (κ3) is 2.18. The highest BCUT2D eigenvalue weighted by Gasteiger charge is 2.00. The Morgan fingerprint density at radius 1 is 1.47 bits per heavy atom. The highest BCUT2D eigenvalue weighted by Crippen LogP contribution is 2.23. The highest BCUT2D eigenvalue weighted by molar-refractivity contribution is 9.10. The van der Waals surface area contributed by atoms with E-state index in [-0.39, 0.29) is 5.78 Å². The average Bonchev–Trinajstić information content (AvgIpc) is 2.57. The maximum Gasteiger partial charge on any atom is 0.152 e. The first-order chi connectivity index (χ1) is 7.16.